The van der Waals surface area contributed by atoms with Crippen molar-refractivity contribution in [2.45, 2.75) is 6.92 Å². The van der Waals surface area contributed by atoms with Crippen LogP contribution >= 0.6 is 15.9 Å². The second-order valence-corrected chi connectivity index (χ2v) is 5.77. The lowest BCUT2D eigenvalue weighted by atomic mass is 10.1. The van der Waals surface area contributed by atoms with Gasteiger partial charge in [0.25, 0.3) is 0 Å². The van der Waals surface area contributed by atoms with Gasteiger partial charge < -0.3 is 9.15 Å². The zero-order chi connectivity index (χ0) is 15.5. The first-order chi connectivity index (χ1) is 10.7. The molecule has 4 heteroatoms. The molecule has 0 aliphatic rings. The van der Waals surface area contributed by atoms with Gasteiger partial charge in [-0.15, -0.1) is 0 Å². The van der Waals surface area contributed by atoms with Gasteiger partial charge in [0.05, 0.1) is 0 Å². The lowest BCUT2D eigenvalue weighted by molar-refractivity contribution is 0.110. The van der Waals surface area contributed by atoms with Crippen molar-refractivity contribution < 1.29 is 13.9 Å². The highest BCUT2D eigenvalue weighted by atomic mass is 79.9. The fourth-order valence-electron chi connectivity index (χ4n) is 2.18. The molecule has 3 rings (SSSR count). The second kappa shape index (κ2) is 6.20. The van der Waals surface area contributed by atoms with E-state index in [1.165, 1.54) is 0 Å². The van der Waals surface area contributed by atoms with Gasteiger partial charge in [0.2, 0.25) is 0 Å². The SMILES string of the molecule is Cc1cc(Oc2ccc(Br)cc2)ccc1-c1ccc(C=O)o1. The van der Waals surface area contributed by atoms with Crippen LogP contribution in [0, 0.1) is 6.92 Å². The third-order valence-corrected chi connectivity index (χ3v) is 3.78. The summed E-state index contributed by atoms with van der Waals surface area (Å²) in [6.45, 7) is 1.98. The van der Waals surface area contributed by atoms with Gasteiger partial charge in [0.15, 0.2) is 12.0 Å². The van der Waals surface area contributed by atoms with Crippen molar-refractivity contribution in [1.82, 2.24) is 0 Å². The molecule has 0 spiro atoms. The van der Waals surface area contributed by atoms with E-state index in [1.54, 1.807) is 12.1 Å². The topological polar surface area (TPSA) is 39.4 Å². The van der Waals surface area contributed by atoms with Crippen molar-refractivity contribution in [1.29, 1.82) is 0 Å². The molecule has 0 unspecified atom stereocenters. The Morgan fingerprint density at radius 1 is 1.00 bits per heavy atom. The van der Waals surface area contributed by atoms with Crippen LogP contribution in [0.3, 0.4) is 0 Å². The van der Waals surface area contributed by atoms with Crippen LogP contribution in [0.1, 0.15) is 16.1 Å². The monoisotopic (exact) mass is 356 g/mol. The fourth-order valence-corrected chi connectivity index (χ4v) is 2.44. The van der Waals surface area contributed by atoms with Gasteiger partial charge in [0, 0.05) is 10.0 Å². The minimum absolute atomic E-state index is 0.324. The second-order valence-electron chi connectivity index (χ2n) is 4.85. The van der Waals surface area contributed by atoms with E-state index in [0.717, 1.165) is 27.1 Å². The Hall–Kier alpha value is -2.33. The zero-order valence-corrected chi connectivity index (χ0v) is 13.5. The molecule has 110 valence electrons. The Kier molecular flexibility index (Phi) is 4.11. The Morgan fingerprint density at radius 2 is 1.73 bits per heavy atom. The molecule has 1 heterocycles. The summed E-state index contributed by atoms with van der Waals surface area (Å²) < 4.78 is 12.3. The average molecular weight is 357 g/mol. The van der Waals surface area contributed by atoms with Crippen molar-refractivity contribution in [2.75, 3.05) is 0 Å². The van der Waals surface area contributed by atoms with Gasteiger partial charge in [0.1, 0.15) is 17.3 Å². The molecule has 0 radical (unpaired) electrons. The summed E-state index contributed by atoms with van der Waals surface area (Å²) in [7, 11) is 0. The van der Waals surface area contributed by atoms with Crippen molar-refractivity contribution in [3.05, 3.63) is 70.4 Å². The van der Waals surface area contributed by atoms with E-state index in [4.69, 9.17) is 9.15 Å². The Balaban J connectivity index is 1.85. The molecule has 0 fully saturated rings. The number of carbonyl (C=O) groups excluding carboxylic acids is 1. The molecule has 0 saturated heterocycles. The van der Waals surface area contributed by atoms with E-state index in [2.05, 4.69) is 15.9 Å². The number of carbonyl (C=O) groups is 1. The molecule has 0 bridgehead atoms. The van der Waals surface area contributed by atoms with E-state index >= 15 is 0 Å². The molecule has 1 aromatic heterocycles. The summed E-state index contributed by atoms with van der Waals surface area (Å²) in [5.74, 6) is 2.53. The van der Waals surface area contributed by atoms with Gasteiger partial charge in [-0.1, -0.05) is 15.9 Å². The number of hydrogen-bond donors (Lipinski definition) is 0. The summed E-state index contributed by atoms with van der Waals surface area (Å²) in [5.41, 5.74) is 1.96. The van der Waals surface area contributed by atoms with Gasteiger partial charge in [-0.05, 0) is 67.1 Å². The molecule has 0 N–H and O–H groups in total. The van der Waals surface area contributed by atoms with Crippen LogP contribution in [0.25, 0.3) is 11.3 Å². The molecular weight excluding hydrogens is 344 g/mol. The van der Waals surface area contributed by atoms with Crippen molar-refractivity contribution >= 4 is 22.2 Å². The van der Waals surface area contributed by atoms with Crippen LogP contribution in [0.15, 0.2) is 63.5 Å². The molecule has 22 heavy (non-hydrogen) atoms. The zero-order valence-electron chi connectivity index (χ0n) is 11.9. The van der Waals surface area contributed by atoms with E-state index < -0.39 is 0 Å². The standard InChI is InChI=1S/C18H13BrO3/c1-12-10-15(21-14-4-2-13(19)3-5-14)6-8-17(12)18-9-7-16(11-20)22-18/h2-11H,1H3. The Bertz CT molecular complexity index is 803. The lowest BCUT2D eigenvalue weighted by Crippen LogP contribution is -1.87. The smallest absolute Gasteiger partial charge is 0.185 e. The molecule has 0 atom stereocenters. The molecule has 0 aliphatic carbocycles. The first-order valence-corrected chi connectivity index (χ1v) is 7.54. The van der Waals surface area contributed by atoms with Crippen LogP contribution < -0.4 is 4.74 Å². The maximum absolute atomic E-state index is 10.7. The summed E-state index contributed by atoms with van der Waals surface area (Å²) in [4.78, 5) is 10.7. The molecule has 0 saturated carbocycles. The Morgan fingerprint density at radius 3 is 2.36 bits per heavy atom. The normalized spacial score (nSPS) is 10.5. The molecule has 3 aromatic rings. The highest BCUT2D eigenvalue weighted by molar-refractivity contribution is 9.10. The number of rotatable bonds is 4. The molecule has 3 nitrogen and oxygen atoms in total. The highest BCUT2D eigenvalue weighted by Gasteiger charge is 2.08. The molecule has 0 amide bonds. The number of aldehydes is 1. The van der Waals surface area contributed by atoms with E-state index in [9.17, 15) is 4.79 Å². The highest BCUT2D eigenvalue weighted by Crippen LogP contribution is 2.30. The van der Waals surface area contributed by atoms with E-state index in [1.807, 2.05) is 49.4 Å². The third-order valence-electron chi connectivity index (χ3n) is 3.26. The van der Waals surface area contributed by atoms with E-state index in [0.29, 0.717) is 17.8 Å². The number of aryl methyl sites for hydroxylation is 1. The Labute approximate surface area is 136 Å². The van der Waals surface area contributed by atoms with Crippen molar-refractivity contribution in [2.24, 2.45) is 0 Å². The van der Waals surface area contributed by atoms with Crippen LogP contribution in [0.4, 0.5) is 0 Å². The summed E-state index contributed by atoms with van der Waals surface area (Å²) in [5, 5.41) is 0. The summed E-state index contributed by atoms with van der Waals surface area (Å²) >= 11 is 3.40. The molecular formula is C18H13BrO3. The summed E-state index contributed by atoms with van der Waals surface area (Å²) in [6, 6.07) is 16.9. The minimum Gasteiger partial charge on any atom is -0.457 e. The third kappa shape index (κ3) is 3.12. The predicted octanol–water partition coefficient (Wildman–Crippen LogP) is 5.62. The van der Waals surface area contributed by atoms with Gasteiger partial charge in [-0.3, -0.25) is 4.79 Å². The number of benzene rings is 2. The maximum atomic E-state index is 10.7. The van der Waals surface area contributed by atoms with Crippen LogP contribution in [0.5, 0.6) is 11.5 Å². The average Bonchev–Trinajstić information content (AvgIpc) is 2.98. The quantitative estimate of drug-likeness (QED) is 0.569. The van der Waals surface area contributed by atoms with Crippen LogP contribution in [-0.2, 0) is 0 Å². The predicted molar refractivity (Wildman–Crippen MR) is 88.5 cm³/mol. The van der Waals surface area contributed by atoms with Gasteiger partial charge in [-0.25, -0.2) is 0 Å². The number of hydrogen-bond acceptors (Lipinski definition) is 3. The number of ether oxygens (including phenoxy) is 1. The molecule has 0 aliphatic heterocycles. The number of halogens is 1. The first-order valence-electron chi connectivity index (χ1n) is 6.75. The lowest BCUT2D eigenvalue weighted by Gasteiger charge is -2.09. The van der Waals surface area contributed by atoms with Crippen LogP contribution in [0.2, 0.25) is 0 Å². The van der Waals surface area contributed by atoms with Crippen molar-refractivity contribution in [3.63, 3.8) is 0 Å². The van der Waals surface area contributed by atoms with Crippen molar-refractivity contribution in [3.8, 4) is 22.8 Å². The van der Waals surface area contributed by atoms with Gasteiger partial charge >= 0.3 is 0 Å². The largest absolute Gasteiger partial charge is 0.457 e. The minimum atomic E-state index is 0.324. The van der Waals surface area contributed by atoms with E-state index in [-0.39, 0.29) is 0 Å². The first kappa shape index (κ1) is 14.6. The summed E-state index contributed by atoms with van der Waals surface area (Å²) in [6.07, 6.45) is 0.698. The van der Waals surface area contributed by atoms with Crippen LogP contribution in [-0.4, -0.2) is 6.29 Å². The number of furan rings is 1. The maximum Gasteiger partial charge on any atom is 0.185 e. The molecule has 2 aromatic carbocycles. The fraction of sp³-hybridized carbons (Fsp3) is 0.0556. The van der Waals surface area contributed by atoms with Gasteiger partial charge in [-0.2, -0.15) is 0 Å².